The molecule has 0 atom stereocenters. The predicted molar refractivity (Wildman–Crippen MR) is 52.6 cm³/mol. The van der Waals surface area contributed by atoms with E-state index in [1.54, 1.807) is 5.32 Å². The number of rotatable bonds is 3. The predicted octanol–water partition coefficient (Wildman–Crippen LogP) is 1.26. The number of halogens is 3. The van der Waals surface area contributed by atoms with Crippen molar-refractivity contribution < 1.29 is 18.0 Å². The van der Waals surface area contributed by atoms with E-state index < -0.39 is 18.6 Å². The SMILES string of the molecule is NNc1ccc(C(=O)NCC(F)(F)F)cc1. The highest BCUT2D eigenvalue weighted by Gasteiger charge is 2.27. The van der Waals surface area contributed by atoms with Gasteiger partial charge in [-0.1, -0.05) is 0 Å². The second-order valence-electron chi connectivity index (χ2n) is 3.02. The highest BCUT2D eigenvalue weighted by atomic mass is 19.4. The minimum absolute atomic E-state index is 0.142. The molecule has 1 rings (SSSR count). The van der Waals surface area contributed by atoms with Gasteiger partial charge < -0.3 is 10.7 Å². The number of amides is 1. The summed E-state index contributed by atoms with van der Waals surface area (Å²) in [5.74, 6) is 4.32. The second kappa shape index (κ2) is 4.84. The number of anilines is 1. The van der Waals surface area contributed by atoms with E-state index in [9.17, 15) is 18.0 Å². The zero-order valence-corrected chi connectivity index (χ0v) is 8.14. The number of nitrogens with two attached hydrogens (primary N) is 1. The molecule has 0 fully saturated rings. The highest BCUT2D eigenvalue weighted by molar-refractivity contribution is 5.94. The zero-order chi connectivity index (χ0) is 12.2. The molecule has 0 aromatic heterocycles. The van der Waals surface area contributed by atoms with Gasteiger partial charge >= 0.3 is 6.18 Å². The summed E-state index contributed by atoms with van der Waals surface area (Å²) in [5.41, 5.74) is 3.04. The van der Waals surface area contributed by atoms with Crippen LogP contribution in [0, 0.1) is 0 Å². The van der Waals surface area contributed by atoms with Crippen LogP contribution in [0.25, 0.3) is 0 Å². The molecule has 0 heterocycles. The molecule has 4 N–H and O–H groups in total. The fourth-order valence-electron chi connectivity index (χ4n) is 1.00. The third-order valence-electron chi connectivity index (χ3n) is 1.76. The van der Waals surface area contributed by atoms with Crippen LogP contribution in [0.15, 0.2) is 24.3 Å². The monoisotopic (exact) mass is 233 g/mol. The Morgan fingerprint density at radius 1 is 1.25 bits per heavy atom. The quantitative estimate of drug-likeness (QED) is 0.544. The topological polar surface area (TPSA) is 67.1 Å². The van der Waals surface area contributed by atoms with Crippen molar-refractivity contribution in [2.24, 2.45) is 5.84 Å². The summed E-state index contributed by atoms with van der Waals surface area (Å²) >= 11 is 0. The van der Waals surface area contributed by atoms with E-state index in [1.165, 1.54) is 24.3 Å². The van der Waals surface area contributed by atoms with E-state index in [0.717, 1.165) is 0 Å². The van der Waals surface area contributed by atoms with Crippen LogP contribution in [0.5, 0.6) is 0 Å². The van der Waals surface area contributed by atoms with Gasteiger partial charge in [-0.3, -0.25) is 10.6 Å². The zero-order valence-electron chi connectivity index (χ0n) is 8.14. The smallest absolute Gasteiger partial charge is 0.343 e. The van der Waals surface area contributed by atoms with Crippen molar-refractivity contribution in [3.63, 3.8) is 0 Å². The fraction of sp³-hybridized carbons (Fsp3) is 0.222. The van der Waals surface area contributed by atoms with E-state index in [0.29, 0.717) is 5.69 Å². The molecule has 0 bridgehead atoms. The number of carbonyl (C=O) groups excluding carboxylic acids is 1. The van der Waals surface area contributed by atoms with Crippen molar-refractivity contribution in [1.82, 2.24) is 5.32 Å². The van der Waals surface area contributed by atoms with Crippen molar-refractivity contribution >= 4 is 11.6 Å². The lowest BCUT2D eigenvalue weighted by Gasteiger charge is -2.08. The van der Waals surface area contributed by atoms with Crippen LogP contribution in [-0.2, 0) is 0 Å². The second-order valence-corrected chi connectivity index (χ2v) is 3.02. The van der Waals surface area contributed by atoms with Crippen LogP contribution in [0.2, 0.25) is 0 Å². The molecule has 0 aliphatic heterocycles. The van der Waals surface area contributed by atoms with Gasteiger partial charge in [0, 0.05) is 11.3 Å². The molecule has 0 aliphatic rings. The molecule has 0 unspecified atom stereocenters. The van der Waals surface area contributed by atoms with Gasteiger partial charge in [-0.25, -0.2) is 0 Å². The highest BCUT2D eigenvalue weighted by Crippen LogP contribution is 2.13. The van der Waals surface area contributed by atoms with E-state index in [2.05, 4.69) is 5.43 Å². The first-order chi connectivity index (χ1) is 7.42. The van der Waals surface area contributed by atoms with E-state index in [1.807, 2.05) is 0 Å². The molecule has 16 heavy (non-hydrogen) atoms. The minimum Gasteiger partial charge on any atom is -0.343 e. The van der Waals surface area contributed by atoms with Crippen LogP contribution >= 0.6 is 0 Å². The number of hydrogen-bond donors (Lipinski definition) is 3. The van der Waals surface area contributed by atoms with Crippen molar-refractivity contribution in [2.45, 2.75) is 6.18 Å². The van der Waals surface area contributed by atoms with Gasteiger partial charge in [0.2, 0.25) is 0 Å². The maximum Gasteiger partial charge on any atom is 0.405 e. The van der Waals surface area contributed by atoms with Gasteiger partial charge in [-0.15, -0.1) is 0 Å². The minimum atomic E-state index is -4.41. The lowest BCUT2D eigenvalue weighted by atomic mass is 10.2. The lowest BCUT2D eigenvalue weighted by Crippen LogP contribution is -2.33. The molecule has 1 amide bonds. The maximum absolute atomic E-state index is 11.8. The summed E-state index contributed by atoms with van der Waals surface area (Å²) in [6.45, 7) is -1.34. The Hall–Kier alpha value is -1.76. The first kappa shape index (κ1) is 12.3. The Bertz CT molecular complexity index is 361. The molecule has 0 saturated heterocycles. The standard InChI is InChI=1S/C9H10F3N3O/c10-9(11,12)5-14-8(16)6-1-3-7(15-13)4-2-6/h1-4,15H,5,13H2,(H,14,16). The molecule has 0 spiro atoms. The number of benzene rings is 1. The summed E-state index contributed by atoms with van der Waals surface area (Å²) < 4.78 is 35.4. The molecule has 0 radical (unpaired) electrons. The molecule has 7 heteroatoms. The van der Waals surface area contributed by atoms with Crippen LogP contribution in [0.4, 0.5) is 18.9 Å². The average Bonchev–Trinajstić information content (AvgIpc) is 2.25. The number of nitrogen functional groups attached to an aromatic ring is 1. The van der Waals surface area contributed by atoms with Crippen LogP contribution in [0.3, 0.4) is 0 Å². The van der Waals surface area contributed by atoms with Crippen LogP contribution in [-0.4, -0.2) is 18.6 Å². The van der Waals surface area contributed by atoms with Gasteiger partial charge in [-0.05, 0) is 24.3 Å². The molecular formula is C9H10F3N3O. The van der Waals surface area contributed by atoms with E-state index >= 15 is 0 Å². The maximum atomic E-state index is 11.8. The lowest BCUT2D eigenvalue weighted by molar-refractivity contribution is -0.123. The summed E-state index contributed by atoms with van der Waals surface area (Å²) in [4.78, 5) is 11.2. The molecule has 1 aromatic carbocycles. The molecule has 1 aromatic rings. The van der Waals surface area contributed by atoms with Gasteiger partial charge in [0.05, 0.1) is 0 Å². The summed E-state index contributed by atoms with van der Waals surface area (Å²) in [6.07, 6.45) is -4.41. The molecule has 88 valence electrons. The number of carbonyl (C=O) groups is 1. The Balaban J connectivity index is 2.59. The first-order valence-corrected chi connectivity index (χ1v) is 4.34. The summed E-state index contributed by atoms with van der Waals surface area (Å²) in [6, 6.07) is 5.73. The first-order valence-electron chi connectivity index (χ1n) is 4.34. The molecular weight excluding hydrogens is 223 g/mol. The van der Waals surface area contributed by atoms with Crippen molar-refractivity contribution in [2.75, 3.05) is 12.0 Å². The van der Waals surface area contributed by atoms with Gasteiger partial charge in [-0.2, -0.15) is 13.2 Å². The van der Waals surface area contributed by atoms with Gasteiger partial charge in [0.25, 0.3) is 5.91 Å². The molecule has 0 saturated carbocycles. The largest absolute Gasteiger partial charge is 0.405 e. The normalized spacial score (nSPS) is 11.0. The summed E-state index contributed by atoms with van der Waals surface area (Å²) in [7, 11) is 0. The number of hydrogen-bond acceptors (Lipinski definition) is 3. The molecule has 4 nitrogen and oxygen atoms in total. The van der Waals surface area contributed by atoms with E-state index in [-0.39, 0.29) is 5.56 Å². The third kappa shape index (κ3) is 3.77. The number of nitrogens with one attached hydrogen (secondary N) is 2. The van der Waals surface area contributed by atoms with Crippen molar-refractivity contribution in [3.05, 3.63) is 29.8 Å². The van der Waals surface area contributed by atoms with Crippen molar-refractivity contribution in [3.8, 4) is 0 Å². The third-order valence-corrected chi connectivity index (χ3v) is 1.76. The number of alkyl halides is 3. The number of hydrazine groups is 1. The Morgan fingerprint density at radius 3 is 2.25 bits per heavy atom. The Kier molecular flexibility index (Phi) is 3.73. The average molecular weight is 233 g/mol. The molecule has 0 aliphatic carbocycles. The fourth-order valence-corrected chi connectivity index (χ4v) is 1.00. The Labute approximate surface area is 89.6 Å². The van der Waals surface area contributed by atoms with Gasteiger partial charge in [0.1, 0.15) is 6.54 Å². The van der Waals surface area contributed by atoms with Crippen molar-refractivity contribution in [1.29, 1.82) is 0 Å². The van der Waals surface area contributed by atoms with Crippen LogP contribution < -0.4 is 16.6 Å². The van der Waals surface area contributed by atoms with Gasteiger partial charge in [0.15, 0.2) is 0 Å². The van der Waals surface area contributed by atoms with Crippen LogP contribution in [0.1, 0.15) is 10.4 Å². The Morgan fingerprint density at radius 2 is 1.81 bits per heavy atom. The summed E-state index contributed by atoms with van der Waals surface area (Å²) in [5, 5.41) is 1.76. The van der Waals surface area contributed by atoms with E-state index in [4.69, 9.17) is 5.84 Å².